The molecule has 0 fully saturated rings. The quantitative estimate of drug-likeness (QED) is 0.915. The first-order valence-corrected chi connectivity index (χ1v) is 7.00. The largest absolute Gasteiger partial charge is 0.308 e. The van der Waals surface area contributed by atoms with Gasteiger partial charge in [0.15, 0.2) is 11.6 Å². The third-order valence-electron chi connectivity index (χ3n) is 3.72. The smallest absolute Gasteiger partial charge is 0.164 e. The van der Waals surface area contributed by atoms with Gasteiger partial charge in [-0.05, 0) is 36.6 Å². The highest BCUT2D eigenvalue weighted by Gasteiger charge is 2.27. The Morgan fingerprint density at radius 2 is 2.10 bits per heavy atom. The SMILES string of the molecule is Cc1cc(F)cc(-c2nnc3n2CCNC3C(C)C)c1. The molecule has 1 N–H and O–H groups in total. The number of halogens is 1. The van der Waals surface area contributed by atoms with Crippen molar-refractivity contribution in [3.8, 4) is 11.4 Å². The molecule has 4 nitrogen and oxygen atoms in total. The Labute approximate surface area is 118 Å². The minimum atomic E-state index is -0.230. The van der Waals surface area contributed by atoms with Gasteiger partial charge in [0.05, 0.1) is 6.04 Å². The number of hydrogen-bond donors (Lipinski definition) is 1. The second-order valence-corrected chi connectivity index (χ2v) is 5.73. The molecule has 3 rings (SSSR count). The molecular weight excluding hydrogens is 255 g/mol. The van der Waals surface area contributed by atoms with E-state index in [0.717, 1.165) is 35.9 Å². The van der Waals surface area contributed by atoms with Crippen molar-refractivity contribution in [2.75, 3.05) is 6.54 Å². The molecule has 1 aromatic carbocycles. The lowest BCUT2D eigenvalue weighted by atomic mass is 10.0. The number of hydrogen-bond acceptors (Lipinski definition) is 3. The van der Waals surface area contributed by atoms with E-state index < -0.39 is 0 Å². The number of nitrogens with zero attached hydrogens (tertiary/aromatic N) is 3. The molecule has 0 saturated heterocycles. The average molecular weight is 274 g/mol. The zero-order valence-electron chi connectivity index (χ0n) is 12.0. The number of rotatable bonds is 2. The molecule has 0 amide bonds. The zero-order chi connectivity index (χ0) is 14.3. The van der Waals surface area contributed by atoms with Crippen LogP contribution < -0.4 is 5.32 Å². The minimum absolute atomic E-state index is 0.208. The van der Waals surface area contributed by atoms with Crippen molar-refractivity contribution < 1.29 is 4.39 Å². The van der Waals surface area contributed by atoms with Gasteiger partial charge in [-0.25, -0.2) is 4.39 Å². The van der Waals surface area contributed by atoms with Crippen molar-refractivity contribution in [3.63, 3.8) is 0 Å². The van der Waals surface area contributed by atoms with Crippen LogP contribution in [0.2, 0.25) is 0 Å². The lowest BCUT2D eigenvalue weighted by Crippen LogP contribution is -2.36. The summed E-state index contributed by atoms with van der Waals surface area (Å²) in [5, 5.41) is 12.1. The van der Waals surface area contributed by atoms with Crippen molar-refractivity contribution in [1.29, 1.82) is 0 Å². The fourth-order valence-electron chi connectivity index (χ4n) is 2.80. The van der Waals surface area contributed by atoms with Crippen LogP contribution in [0.4, 0.5) is 4.39 Å². The molecule has 2 aromatic rings. The molecule has 0 bridgehead atoms. The first kappa shape index (κ1) is 13.2. The molecule has 0 aliphatic carbocycles. The predicted octanol–water partition coefficient (Wildman–Crippen LogP) is 2.69. The summed E-state index contributed by atoms with van der Waals surface area (Å²) < 4.78 is 15.7. The molecule has 0 radical (unpaired) electrons. The number of benzene rings is 1. The van der Waals surface area contributed by atoms with E-state index in [1.54, 1.807) is 0 Å². The molecule has 5 heteroatoms. The maximum atomic E-state index is 13.6. The Hall–Kier alpha value is -1.75. The van der Waals surface area contributed by atoms with Crippen LogP contribution in [0.3, 0.4) is 0 Å². The van der Waals surface area contributed by atoms with Gasteiger partial charge in [-0.1, -0.05) is 13.8 Å². The first-order valence-electron chi connectivity index (χ1n) is 7.00. The fraction of sp³-hybridized carbons (Fsp3) is 0.467. The Morgan fingerprint density at radius 1 is 1.30 bits per heavy atom. The van der Waals surface area contributed by atoms with Crippen LogP contribution in [0, 0.1) is 18.7 Å². The highest BCUT2D eigenvalue weighted by atomic mass is 19.1. The molecule has 2 heterocycles. The van der Waals surface area contributed by atoms with Crippen LogP contribution in [0.5, 0.6) is 0 Å². The number of aromatic nitrogens is 3. The number of aryl methyl sites for hydroxylation is 1. The van der Waals surface area contributed by atoms with Crippen LogP contribution in [0.1, 0.15) is 31.3 Å². The zero-order valence-corrected chi connectivity index (χ0v) is 12.0. The van der Waals surface area contributed by atoms with Gasteiger partial charge in [0.1, 0.15) is 5.82 Å². The monoisotopic (exact) mass is 274 g/mol. The lowest BCUT2D eigenvalue weighted by molar-refractivity contribution is 0.339. The third-order valence-corrected chi connectivity index (χ3v) is 3.72. The van der Waals surface area contributed by atoms with E-state index in [-0.39, 0.29) is 11.9 Å². The Kier molecular flexibility index (Phi) is 3.30. The number of fused-ring (bicyclic) bond motifs is 1. The lowest BCUT2D eigenvalue weighted by Gasteiger charge is -2.27. The summed E-state index contributed by atoms with van der Waals surface area (Å²) in [5.41, 5.74) is 1.69. The van der Waals surface area contributed by atoms with E-state index in [4.69, 9.17) is 0 Å². The van der Waals surface area contributed by atoms with Gasteiger partial charge in [0, 0.05) is 18.7 Å². The highest BCUT2D eigenvalue weighted by Crippen LogP contribution is 2.28. The van der Waals surface area contributed by atoms with Gasteiger partial charge in [0.2, 0.25) is 0 Å². The van der Waals surface area contributed by atoms with Gasteiger partial charge in [0.25, 0.3) is 0 Å². The maximum Gasteiger partial charge on any atom is 0.164 e. The van der Waals surface area contributed by atoms with E-state index in [1.807, 2.05) is 13.0 Å². The normalized spacial score (nSPS) is 18.4. The summed E-state index contributed by atoms with van der Waals surface area (Å²) in [5.74, 6) is 1.92. The molecular formula is C15H19FN4. The van der Waals surface area contributed by atoms with Crippen molar-refractivity contribution in [1.82, 2.24) is 20.1 Å². The average Bonchev–Trinajstić information content (AvgIpc) is 2.80. The summed E-state index contributed by atoms with van der Waals surface area (Å²) in [6.07, 6.45) is 0. The highest BCUT2D eigenvalue weighted by molar-refractivity contribution is 5.57. The van der Waals surface area contributed by atoms with Gasteiger partial charge in [-0.15, -0.1) is 10.2 Å². The van der Waals surface area contributed by atoms with Gasteiger partial charge < -0.3 is 9.88 Å². The van der Waals surface area contributed by atoms with Crippen molar-refractivity contribution >= 4 is 0 Å². The Bertz CT molecular complexity index is 613. The second-order valence-electron chi connectivity index (χ2n) is 5.73. The molecule has 1 atom stereocenters. The van der Waals surface area contributed by atoms with Crippen LogP contribution in [0.25, 0.3) is 11.4 Å². The molecule has 0 spiro atoms. The van der Waals surface area contributed by atoms with E-state index in [2.05, 4.69) is 33.9 Å². The third kappa shape index (κ3) is 2.22. The standard InChI is InChI=1S/C15H19FN4/c1-9(2)13-15-19-18-14(20(15)5-4-17-13)11-6-10(3)7-12(16)8-11/h6-9,13,17H,4-5H2,1-3H3. The van der Waals surface area contributed by atoms with E-state index in [9.17, 15) is 4.39 Å². The fourth-order valence-corrected chi connectivity index (χ4v) is 2.80. The first-order chi connectivity index (χ1) is 9.56. The summed E-state index contributed by atoms with van der Waals surface area (Å²) >= 11 is 0. The van der Waals surface area contributed by atoms with Crippen molar-refractivity contribution in [2.24, 2.45) is 5.92 Å². The molecule has 1 unspecified atom stereocenters. The Balaban J connectivity index is 2.08. The predicted molar refractivity (Wildman–Crippen MR) is 75.7 cm³/mol. The van der Waals surface area contributed by atoms with E-state index in [1.165, 1.54) is 12.1 Å². The summed E-state index contributed by atoms with van der Waals surface area (Å²) in [7, 11) is 0. The van der Waals surface area contributed by atoms with Crippen LogP contribution >= 0.6 is 0 Å². The van der Waals surface area contributed by atoms with Crippen LogP contribution in [0.15, 0.2) is 18.2 Å². The van der Waals surface area contributed by atoms with Crippen LogP contribution in [-0.4, -0.2) is 21.3 Å². The van der Waals surface area contributed by atoms with Gasteiger partial charge in [-0.3, -0.25) is 0 Å². The second kappa shape index (κ2) is 4.98. The summed E-state index contributed by atoms with van der Waals surface area (Å²) in [4.78, 5) is 0. The molecule has 1 aromatic heterocycles. The van der Waals surface area contributed by atoms with Gasteiger partial charge >= 0.3 is 0 Å². The summed E-state index contributed by atoms with van der Waals surface area (Å²) in [6, 6.07) is 5.21. The van der Waals surface area contributed by atoms with E-state index in [0.29, 0.717) is 5.92 Å². The molecule has 106 valence electrons. The topological polar surface area (TPSA) is 42.7 Å². The molecule has 1 aliphatic rings. The van der Waals surface area contributed by atoms with Crippen molar-refractivity contribution in [3.05, 3.63) is 35.4 Å². The molecule has 20 heavy (non-hydrogen) atoms. The van der Waals surface area contributed by atoms with E-state index >= 15 is 0 Å². The Morgan fingerprint density at radius 3 is 2.80 bits per heavy atom. The molecule has 1 aliphatic heterocycles. The minimum Gasteiger partial charge on any atom is -0.308 e. The van der Waals surface area contributed by atoms with Crippen LogP contribution in [-0.2, 0) is 6.54 Å². The maximum absolute atomic E-state index is 13.6. The number of nitrogens with one attached hydrogen (secondary N) is 1. The molecule has 0 saturated carbocycles. The van der Waals surface area contributed by atoms with Gasteiger partial charge in [-0.2, -0.15) is 0 Å². The van der Waals surface area contributed by atoms with Crippen molar-refractivity contribution in [2.45, 2.75) is 33.4 Å². The summed E-state index contributed by atoms with van der Waals surface area (Å²) in [6.45, 7) is 7.91.